The minimum atomic E-state index is -1.31. The number of carbonyl (C=O) groups excluding carboxylic acids is 1. The standard InChI is InChI=1S/C30H39FN6O7/c1-16-8-9-22(34-26(16)33-19-12-24(27(38)39)37(13-19)28(40)41)21-10-18(31)11-23-25(21)36(17(2)32-23)15-20(43-7)14-35(6)29(42)44-30(3,4)5/h8-11,19-20,24H,12-15H2,1-7H3,(H,33,34)(H,38,39)(H,40,41)/t19-,20-,24-/m0/s1. The van der Waals surface area contributed by atoms with E-state index in [1.54, 1.807) is 54.0 Å². The number of ether oxygens (including phenoxy) is 2. The van der Waals surface area contributed by atoms with Crippen molar-refractivity contribution in [1.29, 1.82) is 0 Å². The molecule has 13 nitrogen and oxygen atoms in total. The Kier molecular flexibility index (Phi) is 9.33. The fourth-order valence-corrected chi connectivity index (χ4v) is 5.30. The van der Waals surface area contributed by atoms with Crippen LogP contribution in [0.3, 0.4) is 0 Å². The number of anilines is 1. The molecule has 44 heavy (non-hydrogen) atoms. The maximum absolute atomic E-state index is 14.9. The van der Waals surface area contributed by atoms with Crippen molar-refractivity contribution in [2.75, 3.05) is 32.6 Å². The van der Waals surface area contributed by atoms with Crippen LogP contribution < -0.4 is 5.32 Å². The second kappa shape index (κ2) is 12.6. The number of imidazole rings is 1. The Bertz CT molecular complexity index is 1550. The van der Waals surface area contributed by atoms with E-state index in [9.17, 15) is 29.0 Å². The Morgan fingerprint density at radius 2 is 1.89 bits per heavy atom. The normalized spacial score (nSPS) is 17.5. The average molecular weight is 615 g/mol. The summed E-state index contributed by atoms with van der Waals surface area (Å²) in [7, 11) is 3.18. The first-order valence-corrected chi connectivity index (χ1v) is 14.2. The third-order valence-corrected chi connectivity index (χ3v) is 7.45. The van der Waals surface area contributed by atoms with Gasteiger partial charge in [0.15, 0.2) is 0 Å². The summed E-state index contributed by atoms with van der Waals surface area (Å²) in [6.07, 6.45) is -2.18. The van der Waals surface area contributed by atoms with Gasteiger partial charge in [0.05, 0.1) is 35.9 Å². The van der Waals surface area contributed by atoms with Gasteiger partial charge < -0.3 is 34.5 Å². The SMILES string of the molecule is CO[C@@H](CN(C)C(=O)OC(C)(C)C)Cn1c(C)nc2cc(F)cc(-c3ccc(C)c(N[C@H]4C[C@@H](C(=O)O)N(C(=O)O)C4)n3)c21. The maximum Gasteiger partial charge on any atom is 0.410 e. The zero-order valence-corrected chi connectivity index (χ0v) is 25.9. The highest BCUT2D eigenvalue weighted by Crippen LogP contribution is 2.32. The number of aromatic nitrogens is 3. The lowest BCUT2D eigenvalue weighted by atomic mass is 10.1. The summed E-state index contributed by atoms with van der Waals surface area (Å²) in [4.78, 5) is 47.5. The molecule has 2 aromatic heterocycles. The monoisotopic (exact) mass is 614 g/mol. The molecule has 0 spiro atoms. The summed E-state index contributed by atoms with van der Waals surface area (Å²) < 4.78 is 28.0. The summed E-state index contributed by atoms with van der Waals surface area (Å²) in [5.41, 5.74) is 2.05. The van der Waals surface area contributed by atoms with Gasteiger partial charge in [-0.1, -0.05) is 6.07 Å². The van der Waals surface area contributed by atoms with E-state index in [0.717, 1.165) is 10.5 Å². The van der Waals surface area contributed by atoms with Gasteiger partial charge in [-0.15, -0.1) is 0 Å². The number of nitrogens with zero attached hydrogens (tertiary/aromatic N) is 5. The predicted octanol–water partition coefficient (Wildman–Crippen LogP) is 4.35. The van der Waals surface area contributed by atoms with E-state index in [0.29, 0.717) is 40.5 Å². The molecule has 0 saturated carbocycles. The molecular formula is C30H39FN6O7. The van der Waals surface area contributed by atoms with Gasteiger partial charge in [-0.05, 0) is 52.3 Å². The van der Waals surface area contributed by atoms with Crippen LogP contribution in [-0.2, 0) is 20.8 Å². The number of pyridine rings is 1. The van der Waals surface area contributed by atoms with Crippen LogP contribution in [0.25, 0.3) is 22.3 Å². The van der Waals surface area contributed by atoms with Crippen LogP contribution in [0, 0.1) is 19.7 Å². The number of likely N-dealkylation sites (tertiary alicyclic amines) is 1. The van der Waals surface area contributed by atoms with E-state index in [-0.39, 0.29) is 19.5 Å². The molecule has 3 heterocycles. The van der Waals surface area contributed by atoms with Gasteiger partial charge in [0.1, 0.15) is 29.1 Å². The Hall–Kier alpha value is -4.46. The van der Waals surface area contributed by atoms with E-state index in [2.05, 4.69) is 10.3 Å². The first-order chi connectivity index (χ1) is 20.6. The molecule has 1 aliphatic heterocycles. The number of halogens is 1. The molecule has 0 aliphatic carbocycles. The van der Waals surface area contributed by atoms with Crippen molar-refractivity contribution in [2.45, 2.75) is 71.4 Å². The number of aliphatic carboxylic acids is 1. The molecule has 0 unspecified atom stereocenters. The highest BCUT2D eigenvalue weighted by Gasteiger charge is 2.40. The molecule has 238 valence electrons. The maximum atomic E-state index is 14.9. The molecule has 14 heteroatoms. The Morgan fingerprint density at radius 1 is 1.18 bits per heavy atom. The highest BCUT2D eigenvalue weighted by molar-refractivity contribution is 5.92. The molecular weight excluding hydrogens is 575 g/mol. The molecule has 0 radical (unpaired) electrons. The fourth-order valence-electron chi connectivity index (χ4n) is 5.30. The molecule has 3 aromatic rings. The van der Waals surface area contributed by atoms with Crippen LogP contribution in [0.2, 0.25) is 0 Å². The number of hydrogen-bond donors (Lipinski definition) is 3. The number of carboxylic acid groups (broad SMARTS) is 2. The number of rotatable bonds is 9. The van der Waals surface area contributed by atoms with E-state index < -0.39 is 47.8 Å². The van der Waals surface area contributed by atoms with E-state index in [1.165, 1.54) is 17.0 Å². The summed E-state index contributed by atoms with van der Waals surface area (Å²) in [6, 6.07) is 4.62. The molecule has 1 saturated heterocycles. The van der Waals surface area contributed by atoms with Gasteiger partial charge in [-0.3, -0.25) is 4.90 Å². The second-order valence-corrected chi connectivity index (χ2v) is 12.0. The zero-order valence-electron chi connectivity index (χ0n) is 25.9. The Labute approximate surface area is 254 Å². The van der Waals surface area contributed by atoms with Crippen LogP contribution in [-0.4, -0.2) is 104 Å². The van der Waals surface area contributed by atoms with Crippen molar-refractivity contribution in [3.63, 3.8) is 0 Å². The number of aryl methyl sites for hydroxylation is 2. The number of nitrogens with one attached hydrogen (secondary N) is 1. The van der Waals surface area contributed by atoms with Gasteiger partial charge in [-0.2, -0.15) is 0 Å². The molecule has 4 rings (SSSR count). The van der Waals surface area contributed by atoms with E-state index in [1.807, 2.05) is 11.5 Å². The summed E-state index contributed by atoms with van der Waals surface area (Å²) in [5, 5.41) is 22.1. The summed E-state index contributed by atoms with van der Waals surface area (Å²) in [5.74, 6) is -0.678. The van der Waals surface area contributed by atoms with Crippen molar-refractivity contribution in [1.82, 2.24) is 24.3 Å². The van der Waals surface area contributed by atoms with Gasteiger partial charge in [0, 0.05) is 44.8 Å². The van der Waals surface area contributed by atoms with Gasteiger partial charge in [0.25, 0.3) is 0 Å². The zero-order chi connectivity index (χ0) is 32.5. The number of carbonyl (C=O) groups is 3. The third kappa shape index (κ3) is 7.18. The number of fused-ring (bicyclic) bond motifs is 1. The quantitative estimate of drug-likeness (QED) is 0.316. The minimum absolute atomic E-state index is 0.0238. The molecule has 2 amide bonds. The topological polar surface area (TPSA) is 159 Å². The lowest BCUT2D eigenvalue weighted by Gasteiger charge is -2.27. The molecule has 3 N–H and O–H groups in total. The van der Waals surface area contributed by atoms with Crippen molar-refractivity contribution in [3.05, 3.63) is 41.5 Å². The molecule has 1 aliphatic rings. The summed E-state index contributed by atoms with van der Waals surface area (Å²) >= 11 is 0. The Morgan fingerprint density at radius 3 is 2.48 bits per heavy atom. The van der Waals surface area contributed by atoms with E-state index >= 15 is 0 Å². The number of methoxy groups -OCH3 is 1. The first-order valence-electron chi connectivity index (χ1n) is 14.2. The average Bonchev–Trinajstić information content (AvgIpc) is 3.49. The fraction of sp³-hybridized carbons (Fsp3) is 0.500. The number of amides is 2. The smallest absolute Gasteiger partial charge is 0.410 e. The third-order valence-electron chi connectivity index (χ3n) is 7.45. The van der Waals surface area contributed by atoms with Gasteiger partial charge >= 0.3 is 18.2 Å². The van der Waals surface area contributed by atoms with Gasteiger partial charge in [-0.25, -0.2) is 28.7 Å². The number of likely N-dealkylation sites (N-methyl/N-ethyl adjacent to an activating group) is 1. The molecule has 1 fully saturated rings. The lowest BCUT2D eigenvalue weighted by Crippen LogP contribution is -2.40. The number of carboxylic acids is 1. The first kappa shape index (κ1) is 32.5. The minimum Gasteiger partial charge on any atom is -0.480 e. The van der Waals surface area contributed by atoms with Crippen molar-refractivity contribution >= 4 is 35.0 Å². The van der Waals surface area contributed by atoms with Crippen LogP contribution in [0.4, 0.5) is 19.8 Å². The van der Waals surface area contributed by atoms with Gasteiger partial charge in [0.2, 0.25) is 0 Å². The second-order valence-electron chi connectivity index (χ2n) is 12.0. The van der Waals surface area contributed by atoms with Crippen LogP contribution >= 0.6 is 0 Å². The van der Waals surface area contributed by atoms with Crippen LogP contribution in [0.1, 0.15) is 38.6 Å². The van der Waals surface area contributed by atoms with Crippen molar-refractivity contribution < 1.29 is 38.5 Å². The lowest BCUT2D eigenvalue weighted by molar-refractivity contribution is -0.141. The molecule has 1 aromatic carbocycles. The van der Waals surface area contributed by atoms with E-state index in [4.69, 9.17) is 14.5 Å². The largest absolute Gasteiger partial charge is 0.480 e. The Balaban J connectivity index is 1.66. The number of hydrogen-bond acceptors (Lipinski definition) is 8. The molecule has 0 bridgehead atoms. The van der Waals surface area contributed by atoms with Crippen LogP contribution in [0.5, 0.6) is 0 Å². The molecule has 3 atom stereocenters. The van der Waals surface area contributed by atoms with Crippen molar-refractivity contribution in [3.8, 4) is 11.3 Å². The highest BCUT2D eigenvalue weighted by atomic mass is 19.1. The van der Waals surface area contributed by atoms with Crippen molar-refractivity contribution in [2.24, 2.45) is 0 Å². The predicted molar refractivity (Wildman–Crippen MR) is 160 cm³/mol. The summed E-state index contributed by atoms with van der Waals surface area (Å²) in [6.45, 7) is 9.49. The van der Waals surface area contributed by atoms with Crippen LogP contribution in [0.15, 0.2) is 24.3 Å². The number of benzene rings is 1.